The molecule has 0 spiro atoms. The molecular weight excluding hydrogens is 246 g/mol. The number of hydrogen-bond acceptors (Lipinski definition) is 4. The summed E-state index contributed by atoms with van der Waals surface area (Å²) >= 11 is 1.63. The third-order valence-electron chi connectivity index (χ3n) is 2.85. The van der Waals surface area contributed by atoms with Crippen molar-refractivity contribution in [2.45, 2.75) is 6.04 Å². The molecule has 18 heavy (non-hydrogen) atoms. The molecule has 4 nitrogen and oxygen atoms in total. The second-order valence-corrected chi connectivity index (χ2v) is 4.98. The van der Waals surface area contributed by atoms with Crippen molar-refractivity contribution in [2.75, 3.05) is 7.11 Å². The Kier molecular flexibility index (Phi) is 2.77. The lowest BCUT2D eigenvalue weighted by atomic mass is 10.2. The Labute approximate surface area is 108 Å². The van der Waals surface area contributed by atoms with Crippen molar-refractivity contribution in [3.63, 3.8) is 0 Å². The van der Waals surface area contributed by atoms with Gasteiger partial charge in [0, 0.05) is 10.9 Å². The third-order valence-corrected chi connectivity index (χ3v) is 3.81. The van der Waals surface area contributed by atoms with Crippen molar-refractivity contribution in [1.82, 2.24) is 9.97 Å². The molecule has 3 N–H and O–H groups in total. The van der Waals surface area contributed by atoms with E-state index in [0.29, 0.717) is 0 Å². The van der Waals surface area contributed by atoms with Gasteiger partial charge in [-0.3, -0.25) is 0 Å². The highest BCUT2D eigenvalue weighted by Crippen LogP contribution is 2.25. The molecule has 92 valence electrons. The van der Waals surface area contributed by atoms with E-state index >= 15 is 0 Å². The van der Waals surface area contributed by atoms with E-state index in [2.05, 4.69) is 9.97 Å². The van der Waals surface area contributed by atoms with Crippen LogP contribution in [0.5, 0.6) is 5.75 Å². The highest BCUT2D eigenvalue weighted by molar-refractivity contribution is 7.10. The summed E-state index contributed by atoms with van der Waals surface area (Å²) in [4.78, 5) is 8.86. The molecule has 0 saturated heterocycles. The molecule has 2 aromatic heterocycles. The average Bonchev–Trinajstić information content (AvgIpc) is 3.05. The summed E-state index contributed by atoms with van der Waals surface area (Å²) < 4.78 is 5.19. The number of methoxy groups -OCH3 is 1. The third kappa shape index (κ3) is 1.87. The van der Waals surface area contributed by atoms with Crippen molar-refractivity contribution in [1.29, 1.82) is 0 Å². The maximum Gasteiger partial charge on any atom is 0.129 e. The summed E-state index contributed by atoms with van der Waals surface area (Å²) in [6.07, 6.45) is 0. The molecular formula is C13H13N3OS. The fourth-order valence-corrected chi connectivity index (χ4v) is 2.62. The number of aromatic nitrogens is 2. The van der Waals surface area contributed by atoms with Crippen LogP contribution in [0.3, 0.4) is 0 Å². The normalized spacial score (nSPS) is 12.8. The smallest absolute Gasteiger partial charge is 0.129 e. The Morgan fingerprint density at radius 3 is 3.00 bits per heavy atom. The fraction of sp³-hybridized carbons (Fsp3) is 0.154. The summed E-state index contributed by atoms with van der Waals surface area (Å²) in [5.74, 6) is 1.59. The van der Waals surface area contributed by atoms with Gasteiger partial charge in [0.05, 0.1) is 24.2 Å². The van der Waals surface area contributed by atoms with Crippen LogP contribution in [0.1, 0.15) is 16.7 Å². The van der Waals surface area contributed by atoms with Gasteiger partial charge in [-0.25, -0.2) is 4.98 Å². The lowest BCUT2D eigenvalue weighted by Gasteiger charge is -2.04. The van der Waals surface area contributed by atoms with Crippen molar-refractivity contribution in [3.8, 4) is 5.75 Å². The predicted octanol–water partition coefficient (Wildman–Crippen LogP) is 2.68. The molecule has 0 aliphatic rings. The number of nitrogens with zero attached hydrogens (tertiary/aromatic N) is 1. The molecule has 1 aromatic carbocycles. The molecule has 0 amide bonds. The molecule has 3 rings (SSSR count). The number of H-pyrrole nitrogens is 1. The Morgan fingerprint density at radius 2 is 2.28 bits per heavy atom. The number of hydrogen-bond donors (Lipinski definition) is 2. The van der Waals surface area contributed by atoms with Crippen LogP contribution in [0, 0.1) is 0 Å². The molecule has 0 radical (unpaired) electrons. The zero-order valence-corrected chi connectivity index (χ0v) is 10.7. The number of nitrogens with one attached hydrogen (secondary N) is 1. The Hall–Kier alpha value is -1.85. The number of nitrogens with two attached hydrogens (primary N) is 1. The minimum Gasteiger partial charge on any atom is -0.497 e. The van der Waals surface area contributed by atoms with Crippen LogP contribution in [-0.2, 0) is 0 Å². The molecule has 5 heteroatoms. The molecule has 1 unspecified atom stereocenters. The number of rotatable bonds is 3. The van der Waals surface area contributed by atoms with Gasteiger partial charge < -0.3 is 15.5 Å². The van der Waals surface area contributed by atoms with Gasteiger partial charge in [0.2, 0.25) is 0 Å². The van der Waals surface area contributed by atoms with E-state index in [1.807, 2.05) is 35.7 Å². The fourth-order valence-electron chi connectivity index (χ4n) is 1.89. The monoisotopic (exact) mass is 259 g/mol. The van der Waals surface area contributed by atoms with Crippen molar-refractivity contribution in [3.05, 3.63) is 46.4 Å². The average molecular weight is 259 g/mol. The van der Waals surface area contributed by atoms with E-state index < -0.39 is 0 Å². The second kappa shape index (κ2) is 4.44. The summed E-state index contributed by atoms with van der Waals surface area (Å²) in [6, 6.07) is 9.55. The number of ether oxygens (including phenoxy) is 1. The first-order valence-corrected chi connectivity index (χ1v) is 6.48. The van der Waals surface area contributed by atoms with Crippen molar-refractivity contribution >= 4 is 22.4 Å². The first-order chi connectivity index (χ1) is 8.78. The maximum atomic E-state index is 6.18. The van der Waals surface area contributed by atoms with Crippen LogP contribution in [0.25, 0.3) is 11.0 Å². The Bertz CT molecular complexity index is 660. The van der Waals surface area contributed by atoms with Gasteiger partial charge in [0.25, 0.3) is 0 Å². The summed E-state index contributed by atoms with van der Waals surface area (Å²) in [7, 11) is 1.65. The van der Waals surface area contributed by atoms with Crippen LogP contribution in [0.2, 0.25) is 0 Å². The predicted molar refractivity (Wildman–Crippen MR) is 73.0 cm³/mol. The first-order valence-electron chi connectivity index (χ1n) is 5.60. The molecule has 3 aromatic rings. The topological polar surface area (TPSA) is 63.9 Å². The van der Waals surface area contributed by atoms with Crippen LogP contribution in [0.4, 0.5) is 0 Å². The van der Waals surface area contributed by atoms with Gasteiger partial charge in [-0.05, 0) is 23.6 Å². The molecule has 2 heterocycles. The number of aromatic amines is 1. The molecule has 0 bridgehead atoms. The number of benzene rings is 1. The van der Waals surface area contributed by atoms with Crippen LogP contribution >= 0.6 is 11.3 Å². The van der Waals surface area contributed by atoms with Gasteiger partial charge in [-0.15, -0.1) is 11.3 Å². The van der Waals surface area contributed by atoms with Crippen LogP contribution in [-0.4, -0.2) is 17.1 Å². The molecule has 0 saturated carbocycles. The number of thiophene rings is 1. The molecule has 0 aliphatic heterocycles. The SMILES string of the molecule is COc1ccc2nc(C(N)c3cccs3)[nH]c2c1. The van der Waals surface area contributed by atoms with Gasteiger partial charge in [-0.2, -0.15) is 0 Å². The van der Waals surface area contributed by atoms with E-state index in [-0.39, 0.29) is 6.04 Å². The summed E-state index contributed by atoms with van der Waals surface area (Å²) in [6.45, 7) is 0. The maximum absolute atomic E-state index is 6.18. The van der Waals surface area contributed by atoms with Gasteiger partial charge in [-0.1, -0.05) is 6.07 Å². The standard InChI is InChI=1S/C13H13N3OS/c1-17-8-4-5-9-10(7-8)16-13(15-9)12(14)11-3-2-6-18-11/h2-7,12H,14H2,1H3,(H,15,16). The highest BCUT2D eigenvalue weighted by atomic mass is 32.1. The number of imidazole rings is 1. The lowest BCUT2D eigenvalue weighted by Crippen LogP contribution is -2.11. The molecule has 0 aliphatic carbocycles. The van der Waals surface area contributed by atoms with Gasteiger partial charge in [0.1, 0.15) is 11.6 Å². The minimum atomic E-state index is -0.205. The lowest BCUT2D eigenvalue weighted by molar-refractivity contribution is 0.415. The highest BCUT2D eigenvalue weighted by Gasteiger charge is 2.14. The van der Waals surface area contributed by atoms with Gasteiger partial charge >= 0.3 is 0 Å². The Balaban J connectivity index is 2.03. The summed E-state index contributed by atoms with van der Waals surface area (Å²) in [5.41, 5.74) is 8.02. The quantitative estimate of drug-likeness (QED) is 0.760. The van der Waals surface area contributed by atoms with Crippen molar-refractivity contribution in [2.24, 2.45) is 5.73 Å². The van der Waals surface area contributed by atoms with Gasteiger partial charge in [0.15, 0.2) is 0 Å². The molecule has 1 atom stereocenters. The first kappa shape index (κ1) is 11.3. The van der Waals surface area contributed by atoms with E-state index in [9.17, 15) is 0 Å². The zero-order chi connectivity index (χ0) is 12.5. The second-order valence-electron chi connectivity index (χ2n) is 4.00. The van der Waals surface area contributed by atoms with E-state index in [4.69, 9.17) is 10.5 Å². The van der Waals surface area contributed by atoms with Crippen molar-refractivity contribution < 1.29 is 4.74 Å². The van der Waals surface area contributed by atoms with Crippen LogP contribution < -0.4 is 10.5 Å². The largest absolute Gasteiger partial charge is 0.497 e. The minimum absolute atomic E-state index is 0.205. The van der Waals surface area contributed by atoms with E-state index in [1.165, 1.54) is 0 Å². The summed E-state index contributed by atoms with van der Waals surface area (Å²) in [5, 5.41) is 2.01. The van der Waals surface area contributed by atoms with E-state index in [0.717, 1.165) is 27.5 Å². The molecule has 0 fully saturated rings. The Morgan fingerprint density at radius 1 is 1.39 bits per heavy atom. The number of fused-ring (bicyclic) bond motifs is 1. The van der Waals surface area contributed by atoms with E-state index in [1.54, 1.807) is 18.4 Å². The zero-order valence-electron chi connectivity index (χ0n) is 9.88. The van der Waals surface area contributed by atoms with Crippen LogP contribution in [0.15, 0.2) is 35.7 Å².